The number of aromatic nitrogens is 2. The molecule has 0 aliphatic heterocycles. The molecule has 0 spiro atoms. The van der Waals surface area contributed by atoms with Crippen molar-refractivity contribution in [2.75, 3.05) is 4.72 Å². The summed E-state index contributed by atoms with van der Waals surface area (Å²) in [4.78, 5) is 6.20. The largest absolute Gasteiger partial charge is 0.418 e. The van der Waals surface area contributed by atoms with Gasteiger partial charge in [0.1, 0.15) is 0 Å². The smallest absolute Gasteiger partial charge is 0.359 e. The minimum absolute atomic E-state index is 0.0196. The van der Waals surface area contributed by atoms with E-state index < -0.39 is 21.8 Å². The van der Waals surface area contributed by atoms with Crippen molar-refractivity contribution in [3.8, 4) is 0 Å². The molecule has 5 nitrogen and oxygen atoms in total. The molecule has 2 aromatic heterocycles. The summed E-state index contributed by atoms with van der Waals surface area (Å²) in [5.41, 5.74) is 1.06. The van der Waals surface area contributed by atoms with E-state index in [0.29, 0.717) is 5.56 Å². The van der Waals surface area contributed by atoms with E-state index in [9.17, 15) is 21.6 Å². The van der Waals surface area contributed by atoms with Crippen LogP contribution < -0.4 is 4.72 Å². The highest BCUT2D eigenvalue weighted by Gasteiger charge is 2.34. The third-order valence-corrected chi connectivity index (χ3v) is 5.90. The van der Waals surface area contributed by atoms with Crippen LogP contribution in [0.5, 0.6) is 0 Å². The van der Waals surface area contributed by atoms with Crippen LogP contribution in [0.15, 0.2) is 34.2 Å². The molecule has 0 fully saturated rings. The van der Waals surface area contributed by atoms with Crippen molar-refractivity contribution in [1.29, 1.82) is 0 Å². The van der Waals surface area contributed by atoms with Crippen molar-refractivity contribution in [2.24, 2.45) is 0 Å². The molecule has 0 saturated carbocycles. The molecule has 0 unspecified atom stereocenters. The van der Waals surface area contributed by atoms with Crippen molar-refractivity contribution in [2.45, 2.75) is 17.3 Å². The lowest BCUT2D eigenvalue weighted by Gasteiger charge is -2.10. The molecule has 122 valence electrons. The van der Waals surface area contributed by atoms with Gasteiger partial charge in [0.2, 0.25) is 0 Å². The standard InChI is InChI=1S/C13H10F3N3O2S2/c1-7-2-3-9(19-23(20,21)10-5-17-6-22-10)12-11(7)8(4-18-12)13(14,15)16/h2-6,18-19H,1H3. The maximum Gasteiger partial charge on any atom is 0.418 e. The van der Waals surface area contributed by atoms with Gasteiger partial charge in [0.25, 0.3) is 10.0 Å². The summed E-state index contributed by atoms with van der Waals surface area (Å²) in [6, 6.07) is 2.86. The fourth-order valence-electron chi connectivity index (χ4n) is 2.26. The van der Waals surface area contributed by atoms with Crippen molar-refractivity contribution < 1.29 is 21.6 Å². The van der Waals surface area contributed by atoms with E-state index in [0.717, 1.165) is 17.5 Å². The second kappa shape index (κ2) is 5.24. The molecule has 2 heterocycles. The number of hydrogen-bond acceptors (Lipinski definition) is 4. The number of hydrogen-bond donors (Lipinski definition) is 2. The Kier molecular flexibility index (Phi) is 3.60. The Hall–Kier alpha value is -2.07. The van der Waals surface area contributed by atoms with E-state index in [2.05, 4.69) is 14.7 Å². The number of aromatic amines is 1. The van der Waals surface area contributed by atoms with Crippen molar-refractivity contribution in [1.82, 2.24) is 9.97 Å². The quantitative estimate of drug-likeness (QED) is 0.746. The first-order valence-corrected chi connectivity index (χ1v) is 8.65. The third kappa shape index (κ3) is 2.79. The molecular formula is C13H10F3N3O2S2. The number of nitrogens with zero attached hydrogens (tertiary/aromatic N) is 1. The molecule has 0 amide bonds. The molecule has 0 bridgehead atoms. The van der Waals surface area contributed by atoms with Gasteiger partial charge in [-0.05, 0) is 18.6 Å². The summed E-state index contributed by atoms with van der Waals surface area (Å²) in [5.74, 6) is 0. The Bertz CT molecular complexity index is 960. The summed E-state index contributed by atoms with van der Waals surface area (Å²) in [7, 11) is -3.90. The summed E-state index contributed by atoms with van der Waals surface area (Å²) in [5, 5.41) is -0.0537. The first-order chi connectivity index (χ1) is 10.7. The van der Waals surface area contributed by atoms with Gasteiger partial charge in [-0.2, -0.15) is 13.2 Å². The van der Waals surface area contributed by atoms with Crippen LogP contribution in [-0.4, -0.2) is 18.4 Å². The average Bonchev–Trinajstić information content (AvgIpc) is 3.09. The first kappa shape index (κ1) is 15.8. The molecule has 0 aliphatic rings. The third-order valence-electron chi connectivity index (χ3n) is 3.27. The molecule has 0 aliphatic carbocycles. The Morgan fingerprint density at radius 1 is 1.30 bits per heavy atom. The summed E-state index contributed by atoms with van der Waals surface area (Å²) in [6.07, 6.45) is -2.52. The second-order valence-corrected chi connectivity index (χ2v) is 7.60. The van der Waals surface area contributed by atoms with E-state index in [-0.39, 0.29) is 20.8 Å². The van der Waals surface area contributed by atoms with Gasteiger partial charge in [0.05, 0.1) is 28.5 Å². The maximum atomic E-state index is 13.1. The number of thiazole rings is 1. The Morgan fingerprint density at radius 3 is 2.65 bits per heavy atom. The van der Waals surface area contributed by atoms with Gasteiger partial charge < -0.3 is 4.98 Å². The highest BCUT2D eigenvalue weighted by Crippen LogP contribution is 2.39. The number of alkyl halides is 3. The number of halogens is 3. The Labute approximate surface area is 133 Å². The van der Waals surface area contributed by atoms with Crippen LogP contribution >= 0.6 is 11.3 Å². The molecule has 3 rings (SSSR count). The van der Waals surface area contributed by atoms with Crippen molar-refractivity contribution >= 4 is 38.0 Å². The van der Waals surface area contributed by atoms with E-state index in [1.54, 1.807) is 0 Å². The highest BCUT2D eigenvalue weighted by atomic mass is 32.2. The lowest BCUT2D eigenvalue weighted by atomic mass is 10.1. The van der Waals surface area contributed by atoms with Crippen LogP contribution in [0, 0.1) is 6.92 Å². The van der Waals surface area contributed by atoms with Crippen LogP contribution in [0.25, 0.3) is 10.9 Å². The van der Waals surface area contributed by atoms with E-state index in [1.165, 1.54) is 30.8 Å². The van der Waals surface area contributed by atoms with Crippen LogP contribution in [-0.2, 0) is 16.2 Å². The fraction of sp³-hybridized carbons (Fsp3) is 0.154. The maximum absolute atomic E-state index is 13.1. The molecular weight excluding hydrogens is 351 g/mol. The molecule has 2 N–H and O–H groups in total. The van der Waals surface area contributed by atoms with E-state index >= 15 is 0 Å². The summed E-state index contributed by atoms with van der Waals surface area (Å²) >= 11 is 0.915. The normalized spacial score (nSPS) is 12.7. The van der Waals surface area contributed by atoms with Gasteiger partial charge in [-0.25, -0.2) is 8.42 Å². The molecule has 1 aromatic carbocycles. The highest BCUT2D eigenvalue weighted by molar-refractivity contribution is 7.94. The zero-order valence-electron chi connectivity index (χ0n) is 11.6. The van der Waals surface area contributed by atoms with Crippen molar-refractivity contribution in [3.63, 3.8) is 0 Å². The topological polar surface area (TPSA) is 74.8 Å². The zero-order chi connectivity index (χ0) is 16.8. The predicted molar refractivity (Wildman–Crippen MR) is 81.0 cm³/mol. The SMILES string of the molecule is Cc1ccc(NS(=O)(=O)c2cncs2)c2[nH]cc(C(F)(F)F)c12. The van der Waals surface area contributed by atoms with Gasteiger partial charge in [-0.1, -0.05) is 6.07 Å². The van der Waals surface area contributed by atoms with E-state index in [4.69, 9.17) is 0 Å². The van der Waals surface area contributed by atoms with Crippen LogP contribution in [0.3, 0.4) is 0 Å². The Morgan fingerprint density at radius 2 is 2.04 bits per heavy atom. The summed E-state index contributed by atoms with van der Waals surface area (Å²) < 4.78 is 65.9. The minimum atomic E-state index is -4.53. The Balaban J connectivity index is 2.14. The van der Waals surface area contributed by atoms with E-state index in [1.807, 2.05) is 0 Å². The molecule has 3 aromatic rings. The van der Waals surface area contributed by atoms with Gasteiger partial charge in [0.15, 0.2) is 4.21 Å². The number of benzene rings is 1. The lowest BCUT2D eigenvalue weighted by molar-refractivity contribution is -0.136. The number of aryl methyl sites for hydroxylation is 1. The van der Waals surface area contributed by atoms with Gasteiger partial charge in [-0.15, -0.1) is 11.3 Å². The number of anilines is 1. The zero-order valence-corrected chi connectivity index (χ0v) is 13.2. The van der Waals surface area contributed by atoms with Crippen LogP contribution in [0.1, 0.15) is 11.1 Å². The molecule has 0 saturated heterocycles. The second-order valence-electron chi connectivity index (χ2n) is 4.81. The number of nitrogens with one attached hydrogen (secondary N) is 2. The molecule has 0 atom stereocenters. The number of fused-ring (bicyclic) bond motifs is 1. The minimum Gasteiger partial charge on any atom is -0.359 e. The monoisotopic (exact) mass is 361 g/mol. The number of rotatable bonds is 3. The summed E-state index contributed by atoms with van der Waals surface area (Å²) in [6.45, 7) is 1.53. The first-order valence-electron chi connectivity index (χ1n) is 6.29. The van der Waals surface area contributed by atoms with Gasteiger partial charge >= 0.3 is 6.18 Å². The fourth-order valence-corrected chi connectivity index (χ4v) is 4.13. The number of H-pyrrole nitrogens is 1. The molecule has 23 heavy (non-hydrogen) atoms. The average molecular weight is 361 g/mol. The lowest BCUT2D eigenvalue weighted by Crippen LogP contribution is -2.12. The van der Waals surface area contributed by atoms with Gasteiger partial charge in [-0.3, -0.25) is 9.71 Å². The number of sulfonamides is 1. The van der Waals surface area contributed by atoms with Crippen molar-refractivity contribution in [3.05, 3.63) is 41.2 Å². The van der Waals surface area contributed by atoms with Crippen LogP contribution in [0.2, 0.25) is 0 Å². The molecule has 10 heteroatoms. The predicted octanol–water partition coefficient (Wildman–Crippen LogP) is 3.75. The van der Waals surface area contributed by atoms with Crippen LogP contribution in [0.4, 0.5) is 18.9 Å². The molecule has 0 radical (unpaired) electrons. The van der Waals surface area contributed by atoms with Gasteiger partial charge in [0, 0.05) is 11.6 Å².